The largest absolute Gasteiger partial charge is 0.0499 e. The molecule has 3 fully saturated rings. The SMILES string of the molecule is C1C[C@H]2C[C@H]1[C@@H]1C[C@@H]21. The summed E-state index contributed by atoms with van der Waals surface area (Å²) in [4.78, 5) is 0. The number of rotatable bonds is 0. The Morgan fingerprint density at radius 3 is 1.75 bits per heavy atom. The first-order chi connectivity index (χ1) is 3.95. The van der Waals surface area contributed by atoms with Crippen molar-refractivity contribution in [2.45, 2.75) is 25.7 Å². The van der Waals surface area contributed by atoms with E-state index in [0.717, 1.165) is 0 Å². The van der Waals surface area contributed by atoms with E-state index in [4.69, 9.17) is 0 Å². The Balaban J connectivity index is 2.02. The second-order valence-electron chi connectivity index (χ2n) is 3.90. The molecule has 0 radical (unpaired) electrons. The Bertz CT molecular complexity index is 114. The molecular formula is C8H12. The fourth-order valence-electron chi connectivity index (χ4n) is 3.15. The summed E-state index contributed by atoms with van der Waals surface area (Å²) in [5.41, 5.74) is 0. The second-order valence-corrected chi connectivity index (χ2v) is 3.90. The van der Waals surface area contributed by atoms with Crippen LogP contribution in [-0.2, 0) is 0 Å². The van der Waals surface area contributed by atoms with Gasteiger partial charge in [0.1, 0.15) is 0 Å². The van der Waals surface area contributed by atoms with E-state index in [1.165, 1.54) is 23.7 Å². The normalized spacial score (nSPS) is 66.0. The molecule has 0 amide bonds. The molecule has 0 heteroatoms. The maximum atomic E-state index is 1.62. The van der Waals surface area contributed by atoms with Crippen molar-refractivity contribution in [2.24, 2.45) is 23.7 Å². The molecule has 3 rings (SSSR count). The van der Waals surface area contributed by atoms with Crippen molar-refractivity contribution < 1.29 is 0 Å². The molecule has 4 atom stereocenters. The van der Waals surface area contributed by atoms with Crippen LogP contribution < -0.4 is 0 Å². The average molecular weight is 108 g/mol. The summed E-state index contributed by atoms with van der Waals surface area (Å²) in [6.07, 6.45) is 6.42. The van der Waals surface area contributed by atoms with Gasteiger partial charge in [0.05, 0.1) is 0 Å². The first-order valence-corrected chi connectivity index (χ1v) is 3.95. The van der Waals surface area contributed by atoms with Crippen molar-refractivity contribution in [1.29, 1.82) is 0 Å². The Kier molecular flexibility index (Phi) is 0.482. The molecule has 0 heterocycles. The van der Waals surface area contributed by atoms with E-state index in [0.29, 0.717) is 0 Å². The fourth-order valence-corrected chi connectivity index (χ4v) is 3.15. The molecule has 3 saturated carbocycles. The molecule has 0 unspecified atom stereocenters. The summed E-state index contributed by atoms with van der Waals surface area (Å²) in [5.74, 6) is 4.91. The van der Waals surface area contributed by atoms with Gasteiger partial charge in [-0.2, -0.15) is 0 Å². The summed E-state index contributed by atoms with van der Waals surface area (Å²) >= 11 is 0. The highest BCUT2D eigenvalue weighted by molar-refractivity contribution is 5.06. The van der Waals surface area contributed by atoms with Crippen LogP contribution in [0, 0.1) is 23.7 Å². The molecule has 3 aliphatic rings. The Morgan fingerprint density at radius 2 is 1.38 bits per heavy atom. The van der Waals surface area contributed by atoms with Gasteiger partial charge in [-0.15, -0.1) is 0 Å². The van der Waals surface area contributed by atoms with Crippen LogP contribution in [0.5, 0.6) is 0 Å². The highest BCUT2D eigenvalue weighted by Crippen LogP contribution is 2.65. The highest BCUT2D eigenvalue weighted by atomic mass is 14.6. The molecule has 0 spiro atoms. The minimum Gasteiger partial charge on any atom is -0.0499 e. The molecule has 2 bridgehead atoms. The molecule has 0 aromatic rings. The highest BCUT2D eigenvalue weighted by Gasteiger charge is 2.56. The van der Waals surface area contributed by atoms with Crippen molar-refractivity contribution in [1.82, 2.24) is 0 Å². The summed E-state index contributed by atoms with van der Waals surface area (Å²) in [6, 6.07) is 0. The van der Waals surface area contributed by atoms with Gasteiger partial charge in [0.2, 0.25) is 0 Å². The third-order valence-electron chi connectivity index (χ3n) is 3.62. The summed E-state index contributed by atoms with van der Waals surface area (Å²) in [7, 11) is 0. The minimum atomic E-state index is 1.21. The molecule has 0 aromatic heterocycles. The molecule has 0 aliphatic heterocycles. The van der Waals surface area contributed by atoms with Gasteiger partial charge < -0.3 is 0 Å². The molecule has 0 aromatic carbocycles. The quantitative estimate of drug-likeness (QED) is 0.445. The molecule has 44 valence electrons. The van der Waals surface area contributed by atoms with Gasteiger partial charge >= 0.3 is 0 Å². The van der Waals surface area contributed by atoms with Crippen LogP contribution in [-0.4, -0.2) is 0 Å². The molecular weight excluding hydrogens is 96.1 g/mol. The van der Waals surface area contributed by atoms with Crippen LogP contribution >= 0.6 is 0 Å². The smallest absolute Gasteiger partial charge is 0.0352 e. The van der Waals surface area contributed by atoms with Gasteiger partial charge in [0.25, 0.3) is 0 Å². The monoisotopic (exact) mass is 108 g/mol. The Hall–Kier alpha value is 0. The lowest BCUT2D eigenvalue weighted by atomic mass is 10.0. The number of hydrogen-bond acceptors (Lipinski definition) is 0. The molecule has 0 nitrogen and oxygen atoms in total. The zero-order chi connectivity index (χ0) is 5.14. The van der Waals surface area contributed by atoms with Gasteiger partial charge in [0.15, 0.2) is 0 Å². The van der Waals surface area contributed by atoms with E-state index in [1.807, 2.05) is 0 Å². The molecule has 8 heavy (non-hydrogen) atoms. The van der Waals surface area contributed by atoms with Gasteiger partial charge in [-0.1, -0.05) is 0 Å². The first-order valence-electron chi connectivity index (χ1n) is 3.95. The molecule has 0 saturated heterocycles. The lowest BCUT2D eigenvalue weighted by Crippen LogP contribution is -1.95. The summed E-state index contributed by atoms with van der Waals surface area (Å²) in [6.45, 7) is 0. The van der Waals surface area contributed by atoms with Crippen molar-refractivity contribution in [3.05, 3.63) is 0 Å². The fraction of sp³-hybridized carbons (Fsp3) is 1.00. The predicted molar refractivity (Wildman–Crippen MR) is 32.4 cm³/mol. The van der Waals surface area contributed by atoms with Crippen molar-refractivity contribution >= 4 is 0 Å². The van der Waals surface area contributed by atoms with Crippen LogP contribution in [0.25, 0.3) is 0 Å². The second kappa shape index (κ2) is 0.984. The maximum Gasteiger partial charge on any atom is -0.0352 e. The van der Waals surface area contributed by atoms with E-state index in [2.05, 4.69) is 0 Å². The van der Waals surface area contributed by atoms with Crippen molar-refractivity contribution in [3.8, 4) is 0 Å². The third kappa shape index (κ3) is 0.284. The van der Waals surface area contributed by atoms with E-state index in [-0.39, 0.29) is 0 Å². The van der Waals surface area contributed by atoms with Crippen LogP contribution in [0.15, 0.2) is 0 Å². The zero-order valence-corrected chi connectivity index (χ0v) is 5.14. The lowest BCUT2D eigenvalue weighted by Gasteiger charge is -2.04. The van der Waals surface area contributed by atoms with Crippen LogP contribution in [0.4, 0.5) is 0 Å². The van der Waals surface area contributed by atoms with Crippen molar-refractivity contribution in [2.75, 3.05) is 0 Å². The molecule has 3 aliphatic carbocycles. The van der Waals surface area contributed by atoms with Crippen molar-refractivity contribution in [3.63, 3.8) is 0 Å². The van der Waals surface area contributed by atoms with Gasteiger partial charge in [0, 0.05) is 0 Å². The topological polar surface area (TPSA) is 0 Å². The van der Waals surface area contributed by atoms with E-state index in [9.17, 15) is 0 Å². The van der Waals surface area contributed by atoms with Gasteiger partial charge in [-0.25, -0.2) is 0 Å². The van der Waals surface area contributed by atoms with E-state index < -0.39 is 0 Å². The Morgan fingerprint density at radius 1 is 0.750 bits per heavy atom. The predicted octanol–water partition coefficient (Wildman–Crippen LogP) is 2.05. The Labute approximate surface area is 50.3 Å². The first kappa shape index (κ1) is 3.92. The van der Waals surface area contributed by atoms with E-state index in [1.54, 1.807) is 25.7 Å². The number of fused-ring (bicyclic) bond motifs is 5. The van der Waals surface area contributed by atoms with Crippen LogP contribution in [0.1, 0.15) is 25.7 Å². The van der Waals surface area contributed by atoms with Gasteiger partial charge in [-0.3, -0.25) is 0 Å². The number of hydrogen-bond donors (Lipinski definition) is 0. The minimum absolute atomic E-state index is 1.21. The standard InChI is InChI=1S/C8H12/c1-2-6-3-5(1)7-4-8(6)7/h5-8H,1-4H2/t5-,6-,7-,8-/m0/s1. The van der Waals surface area contributed by atoms with Gasteiger partial charge in [-0.05, 0) is 49.4 Å². The zero-order valence-electron chi connectivity index (χ0n) is 5.14. The summed E-state index contributed by atoms with van der Waals surface area (Å²) < 4.78 is 0. The lowest BCUT2D eigenvalue weighted by molar-refractivity contribution is 0.456. The third-order valence-corrected chi connectivity index (χ3v) is 3.62. The van der Waals surface area contributed by atoms with E-state index >= 15 is 0 Å². The maximum absolute atomic E-state index is 1.62. The van der Waals surface area contributed by atoms with Crippen LogP contribution in [0.3, 0.4) is 0 Å². The molecule has 0 N–H and O–H groups in total. The van der Waals surface area contributed by atoms with Crippen LogP contribution in [0.2, 0.25) is 0 Å². The summed E-state index contributed by atoms with van der Waals surface area (Å²) in [5, 5.41) is 0. The average Bonchev–Trinajstić information content (AvgIpc) is 2.39.